The summed E-state index contributed by atoms with van der Waals surface area (Å²) < 4.78 is 31.7. The van der Waals surface area contributed by atoms with Gasteiger partial charge in [0.15, 0.2) is 11.6 Å². The van der Waals surface area contributed by atoms with Crippen molar-refractivity contribution < 1.29 is 27.9 Å². The molecule has 0 atom stereocenters. The van der Waals surface area contributed by atoms with Crippen molar-refractivity contribution in [1.29, 1.82) is 0 Å². The van der Waals surface area contributed by atoms with E-state index in [1.54, 1.807) is 17.2 Å². The van der Waals surface area contributed by atoms with Crippen molar-refractivity contribution in [3.8, 4) is 0 Å². The SMILES string of the molecule is O=C(Nc1ccc(N2CCC3(CC2)CC(C(=O)N2CC(O)C2)C3)nc1)c1nnc(Nc2ccc(F)c(F)c2)o1. The summed E-state index contributed by atoms with van der Waals surface area (Å²) in [5.74, 6) is -1.90. The Balaban J connectivity index is 0.982. The summed E-state index contributed by atoms with van der Waals surface area (Å²) in [6.45, 7) is 2.62. The maximum atomic E-state index is 13.4. The zero-order valence-electron chi connectivity index (χ0n) is 20.9. The number of nitrogens with zero attached hydrogens (tertiary/aromatic N) is 5. The van der Waals surface area contributed by atoms with Crippen LogP contribution in [0.15, 0.2) is 40.9 Å². The number of carbonyl (C=O) groups is 2. The number of rotatable bonds is 6. The fourth-order valence-electron chi connectivity index (χ4n) is 5.57. The number of hydrogen-bond donors (Lipinski definition) is 3. The van der Waals surface area contributed by atoms with Crippen molar-refractivity contribution in [1.82, 2.24) is 20.1 Å². The van der Waals surface area contributed by atoms with E-state index in [1.165, 1.54) is 6.07 Å². The highest BCUT2D eigenvalue weighted by Crippen LogP contribution is 2.53. The maximum Gasteiger partial charge on any atom is 0.320 e. The van der Waals surface area contributed by atoms with Gasteiger partial charge in [-0.05, 0) is 55.4 Å². The summed E-state index contributed by atoms with van der Waals surface area (Å²) in [6.07, 6.45) is 5.01. The van der Waals surface area contributed by atoms with Gasteiger partial charge in [0.25, 0.3) is 0 Å². The molecule has 204 valence electrons. The van der Waals surface area contributed by atoms with Gasteiger partial charge in [-0.2, -0.15) is 0 Å². The summed E-state index contributed by atoms with van der Waals surface area (Å²) in [5, 5.41) is 22.1. The van der Waals surface area contributed by atoms with E-state index in [-0.39, 0.29) is 40.9 Å². The lowest BCUT2D eigenvalue weighted by atomic mass is 9.57. The van der Waals surface area contributed by atoms with Gasteiger partial charge in [-0.1, -0.05) is 5.10 Å². The molecule has 13 heteroatoms. The number of aliphatic hydroxyl groups is 1. The number of piperidine rings is 1. The van der Waals surface area contributed by atoms with Gasteiger partial charge in [0, 0.05) is 43.9 Å². The first-order valence-electron chi connectivity index (χ1n) is 12.8. The van der Waals surface area contributed by atoms with E-state index in [2.05, 4.69) is 30.7 Å². The van der Waals surface area contributed by atoms with E-state index in [0.717, 1.165) is 56.7 Å². The molecule has 4 heterocycles. The summed E-state index contributed by atoms with van der Waals surface area (Å²) in [4.78, 5) is 33.4. The summed E-state index contributed by atoms with van der Waals surface area (Å²) in [5.41, 5.74) is 0.851. The molecule has 0 unspecified atom stereocenters. The first-order chi connectivity index (χ1) is 18.8. The molecule has 2 amide bonds. The van der Waals surface area contributed by atoms with Crippen LogP contribution in [0.3, 0.4) is 0 Å². The quantitative estimate of drug-likeness (QED) is 0.432. The molecule has 1 aromatic carbocycles. The number of aromatic nitrogens is 3. The second-order valence-corrected chi connectivity index (χ2v) is 10.5. The van der Waals surface area contributed by atoms with Crippen molar-refractivity contribution in [2.45, 2.75) is 31.8 Å². The number of anilines is 4. The van der Waals surface area contributed by atoms with E-state index in [4.69, 9.17) is 4.42 Å². The lowest BCUT2D eigenvalue weighted by Crippen LogP contribution is -2.58. The average molecular weight is 540 g/mol. The normalized spacial score (nSPS) is 18.9. The van der Waals surface area contributed by atoms with Gasteiger partial charge in [0.05, 0.1) is 18.0 Å². The highest BCUT2D eigenvalue weighted by molar-refractivity contribution is 6.00. The van der Waals surface area contributed by atoms with E-state index < -0.39 is 17.5 Å². The van der Waals surface area contributed by atoms with Crippen LogP contribution in [0.2, 0.25) is 0 Å². The number of benzene rings is 1. The number of pyridine rings is 1. The molecule has 3 aromatic rings. The smallest absolute Gasteiger partial charge is 0.320 e. The second kappa shape index (κ2) is 9.88. The molecule has 1 saturated carbocycles. The van der Waals surface area contributed by atoms with E-state index in [1.807, 2.05) is 6.07 Å². The molecule has 3 N–H and O–H groups in total. The topological polar surface area (TPSA) is 137 Å². The van der Waals surface area contributed by atoms with Crippen LogP contribution < -0.4 is 15.5 Å². The number of nitrogens with one attached hydrogen (secondary N) is 2. The third-order valence-corrected chi connectivity index (χ3v) is 7.83. The Bertz CT molecular complexity index is 1380. The largest absolute Gasteiger partial charge is 0.399 e. The summed E-state index contributed by atoms with van der Waals surface area (Å²) in [6, 6.07) is 6.60. The molecule has 3 fully saturated rings. The van der Waals surface area contributed by atoms with Gasteiger partial charge < -0.3 is 30.0 Å². The second-order valence-electron chi connectivity index (χ2n) is 10.5. The third-order valence-electron chi connectivity index (χ3n) is 7.83. The van der Waals surface area contributed by atoms with E-state index in [0.29, 0.717) is 18.8 Å². The van der Waals surface area contributed by atoms with Crippen LogP contribution in [0.1, 0.15) is 36.4 Å². The molecule has 1 aliphatic carbocycles. The predicted octanol–water partition coefficient (Wildman–Crippen LogP) is 2.94. The Hall–Kier alpha value is -4.13. The van der Waals surface area contributed by atoms with Gasteiger partial charge in [0.2, 0.25) is 5.91 Å². The van der Waals surface area contributed by atoms with Crippen molar-refractivity contribution in [2.75, 3.05) is 41.7 Å². The number of carbonyl (C=O) groups excluding carboxylic acids is 2. The monoisotopic (exact) mass is 539 g/mol. The third kappa shape index (κ3) is 5.13. The number of aliphatic hydroxyl groups excluding tert-OH is 1. The van der Waals surface area contributed by atoms with Crippen LogP contribution >= 0.6 is 0 Å². The van der Waals surface area contributed by atoms with Crippen molar-refractivity contribution in [3.63, 3.8) is 0 Å². The van der Waals surface area contributed by atoms with Crippen LogP contribution in [-0.4, -0.2) is 69.3 Å². The first-order valence-corrected chi connectivity index (χ1v) is 12.8. The summed E-state index contributed by atoms with van der Waals surface area (Å²) in [7, 11) is 0. The molecule has 2 aromatic heterocycles. The fraction of sp³-hybridized carbons (Fsp3) is 0.423. The number of likely N-dealkylation sites (tertiary alicyclic amines) is 1. The van der Waals surface area contributed by atoms with Gasteiger partial charge in [0.1, 0.15) is 5.82 Å². The van der Waals surface area contributed by atoms with Crippen LogP contribution in [0.4, 0.5) is 32.0 Å². The number of halogens is 2. The Labute approximate surface area is 222 Å². The molecule has 11 nitrogen and oxygen atoms in total. The van der Waals surface area contributed by atoms with Crippen LogP contribution in [0, 0.1) is 23.0 Å². The molecule has 6 rings (SSSR count). The molecular formula is C26H27F2N7O4. The van der Waals surface area contributed by atoms with Gasteiger partial charge in [-0.25, -0.2) is 13.8 Å². The fourth-order valence-corrected chi connectivity index (χ4v) is 5.57. The van der Waals surface area contributed by atoms with Crippen LogP contribution in [0.25, 0.3) is 0 Å². The highest BCUT2D eigenvalue weighted by atomic mass is 19.2. The molecule has 0 bridgehead atoms. The minimum Gasteiger partial charge on any atom is -0.399 e. The molecule has 2 aliphatic heterocycles. The van der Waals surface area contributed by atoms with Gasteiger partial charge >= 0.3 is 17.8 Å². The first kappa shape index (κ1) is 25.2. The Kier molecular flexibility index (Phi) is 6.37. The lowest BCUT2D eigenvalue weighted by Gasteiger charge is -2.53. The number of β-amino-alcohol motifs (C(OH)–C–C–N with tert-alkyl or cyclic N) is 1. The van der Waals surface area contributed by atoms with Gasteiger partial charge in [-0.15, -0.1) is 5.10 Å². The molecule has 0 radical (unpaired) electrons. The number of hydrogen-bond acceptors (Lipinski definition) is 9. The number of amides is 2. The van der Waals surface area contributed by atoms with Crippen LogP contribution in [0.5, 0.6) is 0 Å². The molecule has 1 spiro atoms. The van der Waals surface area contributed by atoms with Crippen molar-refractivity contribution in [3.05, 3.63) is 54.1 Å². The maximum absolute atomic E-state index is 13.4. The Morgan fingerprint density at radius 1 is 1.03 bits per heavy atom. The zero-order valence-corrected chi connectivity index (χ0v) is 20.9. The zero-order chi connectivity index (χ0) is 27.1. The van der Waals surface area contributed by atoms with Crippen molar-refractivity contribution >= 4 is 35.0 Å². The van der Waals surface area contributed by atoms with E-state index in [9.17, 15) is 23.5 Å². The highest BCUT2D eigenvalue weighted by Gasteiger charge is 2.50. The minimum absolute atomic E-state index is 0.0849. The lowest BCUT2D eigenvalue weighted by molar-refractivity contribution is -0.154. The standard InChI is InChI=1S/C26H27F2N7O4/c27-19-3-1-16(9-20(19)28)31-25-33-32-23(39-25)22(37)30-17-2-4-21(29-12-17)34-7-5-26(6-8-34)10-15(11-26)24(38)35-13-18(36)14-35/h1-4,9,12,15,18,36H,5-8,10-11,13-14H2,(H,30,37)(H,31,33). The molecule has 3 aliphatic rings. The summed E-state index contributed by atoms with van der Waals surface area (Å²) >= 11 is 0. The average Bonchev–Trinajstić information content (AvgIpc) is 3.36. The minimum atomic E-state index is -1.04. The molecular weight excluding hydrogens is 512 g/mol. The Morgan fingerprint density at radius 3 is 2.44 bits per heavy atom. The van der Waals surface area contributed by atoms with Crippen molar-refractivity contribution in [2.24, 2.45) is 11.3 Å². The van der Waals surface area contributed by atoms with Crippen LogP contribution in [-0.2, 0) is 4.79 Å². The molecule has 39 heavy (non-hydrogen) atoms. The van der Waals surface area contributed by atoms with E-state index >= 15 is 0 Å². The Morgan fingerprint density at radius 2 is 1.77 bits per heavy atom. The molecule has 2 saturated heterocycles. The predicted molar refractivity (Wildman–Crippen MR) is 135 cm³/mol. The van der Waals surface area contributed by atoms with Gasteiger partial charge in [-0.3, -0.25) is 9.59 Å².